The average Bonchev–Trinajstić information content (AvgIpc) is 2.52. The van der Waals surface area contributed by atoms with Crippen LogP contribution in [0.2, 0.25) is 0 Å². The summed E-state index contributed by atoms with van der Waals surface area (Å²) in [6, 6.07) is 11.9. The molecule has 0 amide bonds. The number of pyridine rings is 1. The first-order valence-electron chi connectivity index (χ1n) is 6.80. The standard InChI is InChI=1S/C17H18N2O2/c1-3-13-6-9-15(10-7-13)19(2)17-14(5-4-12-18-17)8-11-16(20)21/h4-12H,3H2,1-2H3,(H,20,21)/b11-8+. The fourth-order valence-electron chi connectivity index (χ4n) is 2.06. The first kappa shape index (κ1) is 14.8. The number of carbonyl (C=O) groups is 1. The summed E-state index contributed by atoms with van der Waals surface area (Å²) >= 11 is 0. The molecule has 21 heavy (non-hydrogen) atoms. The van der Waals surface area contributed by atoms with Crippen LogP contribution >= 0.6 is 0 Å². The van der Waals surface area contributed by atoms with Gasteiger partial charge in [-0.05, 0) is 42.3 Å². The number of carboxylic acids is 1. The van der Waals surface area contributed by atoms with Crippen molar-refractivity contribution in [3.8, 4) is 0 Å². The SMILES string of the molecule is CCc1ccc(N(C)c2ncccc2/C=C/C(=O)O)cc1. The quantitative estimate of drug-likeness (QED) is 0.853. The maximum Gasteiger partial charge on any atom is 0.328 e. The Kier molecular flexibility index (Phi) is 4.72. The third-order valence-electron chi connectivity index (χ3n) is 3.27. The van der Waals surface area contributed by atoms with Crippen molar-refractivity contribution in [3.63, 3.8) is 0 Å². The van der Waals surface area contributed by atoms with Gasteiger partial charge in [0.05, 0.1) is 0 Å². The number of hydrogen-bond donors (Lipinski definition) is 1. The van der Waals surface area contributed by atoms with Gasteiger partial charge in [-0.25, -0.2) is 9.78 Å². The summed E-state index contributed by atoms with van der Waals surface area (Å²) in [5, 5.41) is 8.76. The summed E-state index contributed by atoms with van der Waals surface area (Å²) < 4.78 is 0. The van der Waals surface area contributed by atoms with Crippen LogP contribution in [0.25, 0.3) is 6.08 Å². The van der Waals surface area contributed by atoms with Crippen LogP contribution in [-0.4, -0.2) is 23.1 Å². The Hall–Kier alpha value is -2.62. The van der Waals surface area contributed by atoms with Gasteiger partial charge in [-0.1, -0.05) is 19.1 Å². The number of nitrogens with zero attached hydrogens (tertiary/aromatic N) is 2. The molecule has 0 saturated heterocycles. The van der Waals surface area contributed by atoms with Crippen LogP contribution in [0.3, 0.4) is 0 Å². The van der Waals surface area contributed by atoms with E-state index < -0.39 is 5.97 Å². The van der Waals surface area contributed by atoms with Crippen molar-refractivity contribution in [3.05, 3.63) is 59.8 Å². The largest absolute Gasteiger partial charge is 0.478 e. The molecule has 0 radical (unpaired) electrons. The topological polar surface area (TPSA) is 53.4 Å². The number of aromatic nitrogens is 1. The zero-order chi connectivity index (χ0) is 15.2. The Morgan fingerprint density at radius 3 is 2.62 bits per heavy atom. The predicted octanol–water partition coefficient (Wildman–Crippen LogP) is 3.51. The molecule has 0 unspecified atom stereocenters. The van der Waals surface area contributed by atoms with Crippen LogP contribution in [0.15, 0.2) is 48.7 Å². The minimum Gasteiger partial charge on any atom is -0.478 e. The third-order valence-corrected chi connectivity index (χ3v) is 3.27. The van der Waals surface area contributed by atoms with Gasteiger partial charge in [0.2, 0.25) is 0 Å². The maximum absolute atomic E-state index is 10.7. The van der Waals surface area contributed by atoms with E-state index in [0.29, 0.717) is 0 Å². The van der Waals surface area contributed by atoms with E-state index in [-0.39, 0.29) is 0 Å². The van der Waals surface area contributed by atoms with Crippen molar-refractivity contribution in [2.24, 2.45) is 0 Å². The summed E-state index contributed by atoms with van der Waals surface area (Å²) in [5.74, 6) is -0.251. The fraction of sp³-hybridized carbons (Fsp3) is 0.176. The lowest BCUT2D eigenvalue weighted by atomic mass is 10.1. The van der Waals surface area contributed by atoms with E-state index in [9.17, 15) is 4.79 Å². The van der Waals surface area contributed by atoms with Crippen LogP contribution in [0.4, 0.5) is 11.5 Å². The molecule has 0 atom stereocenters. The lowest BCUT2D eigenvalue weighted by molar-refractivity contribution is -0.131. The number of benzene rings is 1. The molecule has 1 N–H and O–H groups in total. The van der Waals surface area contributed by atoms with Crippen LogP contribution in [0.5, 0.6) is 0 Å². The molecule has 0 spiro atoms. The van der Waals surface area contributed by atoms with Gasteiger partial charge in [0.15, 0.2) is 0 Å². The number of carboxylic acid groups (broad SMARTS) is 1. The summed E-state index contributed by atoms with van der Waals surface area (Å²) in [7, 11) is 1.92. The van der Waals surface area contributed by atoms with Crippen molar-refractivity contribution in [2.45, 2.75) is 13.3 Å². The highest BCUT2D eigenvalue weighted by molar-refractivity contribution is 5.87. The zero-order valence-electron chi connectivity index (χ0n) is 12.2. The van der Waals surface area contributed by atoms with E-state index in [0.717, 1.165) is 29.6 Å². The number of aryl methyl sites for hydroxylation is 1. The van der Waals surface area contributed by atoms with Gasteiger partial charge in [0.1, 0.15) is 5.82 Å². The van der Waals surface area contributed by atoms with Crippen molar-refractivity contribution in [2.75, 3.05) is 11.9 Å². The zero-order valence-corrected chi connectivity index (χ0v) is 12.2. The first-order chi connectivity index (χ1) is 10.1. The summed E-state index contributed by atoms with van der Waals surface area (Å²) in [6.45, 7) is 2.12. The highest BCUT2D eigenvalue weighted by atomic mass is 16.4. The number of rotatable bonds is 5. The van der Waals surface area contributed by atoms with Gasteiger partial charge in [-0.3, -0.25) is 0 Å². The Morgan fingerprint density at radius 2 is 2.00 bits per heavy atom. The summed E-state index contributed by atoms with van der Waals surface area (Å²) in [4.78, 5) is 17.0. The predicted molar refractivity (Wildman–Crippen MR) is 84.8 cm³/mol. The third kappa shape index (κ3) is 3.69. The first-order valence-corrected chi connectivity index (χ1v) is 6.80. The Balaban J connectivity index is 2.33. The maximum atomic E-state index is 10.7. The molecule has 2 rings (SSSR count). The second-order valence-electron chi connectivity index (χ2n) is 4.67. The van der Waals surface area contributed by atoms with E-state index in [4.69, 9.17) is 5.11 Å². The van der Waals surface area contributed by atoms with Gasteiger partial charge in [-0.15, -0.1) is 0 Å². The number of aliphatic carboxylic acids is 1. The van der Waals surface area contributed by atoms with Crippen LogP contribution in [0.1, 0.15) is 18.1 Å². The second-order valence-corrected chi connectivity index (χ2v) is 4.67. The van der Waals surface area contributed by atoms with Gasteiger partial charge >= 0.3 is 5.97 Å². The molecule has 1 aromatic carbocycles. The molecule has 2 aromatic rings. The fourth-order valence-corrected chi connectivity index (χ4v) is 2.06. The summed E-state index contributed by atoms with van der Waals surface area (Å²) in [5.41, 5.74) is 3.05. The Bertz CT molecular complexity index is 648. The van der Waals surface area contributed by atoms with Crippen molar-refractivity contribution < 1.29 is 9.90 Å². The van der Waals surface area contributed by atoms with Crippen LogP contribution in [0, 0.1) is 0 Å². The van der Waals surface area contributed by atoms with Gasteiger partial charge in [0.25, 0.3) is 0 Å². The minimum atomic E-state index is -0.972. The van der Waals surface area contributed by atoms with E-state index in [1.807, 2.05) is 30.1 Å². The molecule has 0 aliphatic heterocycles. The molecular formula is C17H18N2O2. The molecule has 0 aliphatic rings. The number of hydrogen-bond acceptors (Lipinski definition) is 3. The molecule has 4 nitrogen and oxygen atoms in total. The minimum absolute atomic E-state index is 0.722. The smallest absolute Gasteiger partial charge is 0.328 e. The molecule has 108 valence electrons. The average molecular weight is 282 g/mol. The molecule has 0 saturated carbocycles. The lowest BCUT2D eigenvalue weighted by Gasteiger charge is -2.20. The second kappa shape index (κ2) is 6.70. The lowest BCUT2D eigenvalue weighted by Crippen LogP contribution is -2.12. The van der Waals surface area contributed by atoms with Crippen LogP contribution < -0.4 is 4.90 Å². The molecule has 1 heterocycles. The molecule has 0 aliphatic carbocycles. The van der Waals surface area contributed by atoms with Gasteiger partial charge in [-0.2, -0.15) is 0 Å². The van der Waals surface area contributed by atoms with E-state index in [1.54, 1.807) is 18.3 Å². The van der Waals surface area contributed by atoms with E-state index in [2.05, 4.69) is 24.0 Å². The molecule has 1 aromatic heterocycles. The van der Waals surface area contributed by atoms with Crippen molar-refractivity contribution in [1.82, 2.24) is 4.98 Å². The molecule has 4 heteroatoms. The summed E-state index contributed by atoms with van der Waals surface area (Å²) in [6.07, 6.45) is 5.38. The highest BCUT2D eigenvalue weighted by Crippen LogP contribution is 2.26. The van der Waals surface area contributed by atoms with E-state index >= 15 is 0 Å². The van der Waals surface area contributed by atoms with E-state index in [1.165, 1.54) is 5.56 Å². The van der Waals surface area contributed by atoms with Crippen LogP contribution in [-0.2, 0) is 11.2 Å². The molecule has 0 bridgehead atoms. The Morgan fingerprint density at radius 1 is 1.29 bits per heavy atom. The normalized spacial score (nSPS) is 10.8. The molecule has 0 fully saturated rings. The van der Waals surface area contributed by atoms with Gasteiger partial charge in [0, 0.05) is 30.6 Å². The molecular weight excluding hydrogens is 264 g/mol. The highest BCUT2D eigenvalue weighted by Gasteiger charge is 2.09. The number of anilines is 2. The van der Waals surface area contributed by atoms with Crippen molar-refractivity contribution >= 4 is 23.6 Å². The monoisotopic (exact) mass is 282 g/mol. The Labute approximate surface area is 124 Å². The van der Waals surface area contributed by atoms with Gasteiger partial charge < -0.3 is 10.0 Å². The van der Waals surface area contributed by atoms with Crippen molar-refractivity contribution in [1.29, 1.82) is 0 Å².